The van der Waals surface area contributed by atoms with Crippen molar-refractivity contribution >= 4 is 0 Å². The van der Waals surface area contributed by atoms with Crippen LogP contribution in [0.25, 0.3) is 0 Å². The minimum atomic E-state index is -4.54. The Morgan fingerprint density at radius 2 is 2.00 bits per heavy atom. The molecule has 22 heavy (non-hydrogen) atoms. The van der Waals surface area contributed by atoms with Crippen LogP contribution in [0.2, 0.25) is 0 Å². The number of hydrogen-bond donors (Lipinski definition) is 0. The molecule has 0 amide bonds. The third kappa shape index (κ3) is 2.84. The number of aromatic nitrogens is 2. The predicted molar refractivity (Wildman–Crippen MR) is 72.0 cm³/mol. The summed E-state index contributed by atoms with van der Waals surface area (Å²) in [7, 11) is 0. The smallest absolute Gasteiger partial charge is 0.433 e. The maximum absolute atomic E-state index is 12.7. The van der Waals surface area contributed by atoms with Crippen molar-refractivity contribution in [3.63, 3.8) is 0 Å². The van der Waals surface area contributed by atoms with Gasteiger partial charge < -0.3 is 9.47 Å². The van der Waals surface area contributed by atoms with Gasteiger partial charge in [-0.1, -0.05) is 12.1 Å². The summed E-state index contributed by atoms with van der Waals surface area (Å²) in [6.45, 7) is 3.86. The van der Waals surface area contributed by atoms with Crippen molar-refractivity contribution in [1.29, 1.82) is 0 Å². The number of halogens is 3. The lowest BCUT2D eigenvalue weighted by Crippen LogP contribution is -2.24. The van der Waals surface area contributed by atoms with Crippen molar-refractivity contribution in [2.75, 3.05) is 0 Å². The van der Waals surface area contributed by atoms with Crippen LogP contribution in [0.3, 0.4) is 0 Å². The van der Waals surface area contributed by atoms with Crippen LogP contribution < -0.4 is 9.47 Å². The van der Waals surface area contributed by atoms with Crippen LogP contribution >= 0.6 is 0 Å². The second kappa shape index (κ2) is 4.86. The van der Waals surface area contributed by atoms with E-state index in [-0.39, 0.29) is 11.6 Å². The topological polar surface area (TPSA) is 44.2 Å². The van der Waals surface area contributed by atoms with E-state index in [9.17, 15) is 13.2 Å². The lowest BCUT2D eigenvalue weighted by molar-refractivity contribution is -0.141. The Bertz CT molecular complexity index is 714. The predicted octanol–water partition coefficient (Wildman–Crippen LogP) is 4.00. The summed E-state index contributed by atoms with van der Waals surface area (Å²) >= 11 is 0. The first-order chi connectivity index (χ1) is 10.2. The number of fused-ring (bicyclic) bond motifs is 1. The molecule has 0 bridgehead atoms. The summed E-state index contributed by atoms with van der Waals surface area (Å²) in [6, 6.07) is 5.69. The van der Waals surface area contributed by atoms with Crippen molar-refractivity contribution in [3.8, 4) is 17.5 Å². The van der Waals surface area contributed by atoms with Gasteiger partial charge in [0.05, 0.1) is 0 Å². The summed E-state index contributed by atoms with van der Waals surface area (Å²) in [5.74, 6) is 0.830. The van der Waals surface area contributed by atoms with Crippen LogP contribution in [0.5, 0.6) is 17.5 Å². The molecule has 4 nitrogen and oxygen atoms in total. The van der Waals surface area contributed by atoms with Crippen molar-refractivity contribution < 1.29 is 22.6 Å². The van der Waals surface area contributed by atoms with Gasteiger partial charge >= 0.3 is 12.2 Å². The second-order valence-corrected chi connectivity index (χ2v) is 5.61. The monoisotopic (exact) mass is 310 g/mol. The quantitative estimate of drug-likeness (QED) is 0.841. The third-order valence-electron chi connectivity index (χ3n) is 3.18. The first-order valence-corrected chi connectivity index (χ1v) is 6.64. The summed E-state index contributed by atoms with van der Waals surface area (Å²) in [5, 5.41) is 0. The normalized spacial score (nSPS) is 16.0. The van der Waals surface area contributed by atoms with Gasteiger partial charge in [-0.3, -0.25) is 0 Å². The van der Waals surface area contributed by atoms with Gasteiger partial charge in [0.2, 0.25) is 0 Å². The molecule has 0 fully saturated rings. The maximum atomic E-state index is 12.7. The standard InChI is InChI=1S/C15H13F3N2O2/c1-14(2)8-9-4-3-5-10(12(9)22-14)21-13-19-7-6-11(20-13)15(16,17)18/h3-7H,8H2,1-2H3. The number of nitrogens with zero attached hydrogens (tertiary/aromatic N) is 2. The molecule has 2 aromatic rings. The number of para-hydroxylation sites is 1. The fourth-order valence-electron chi connectivity index (χ4n) is 2.31. The summed E-state index contributed by atoms with van der Waals surface area (Å²) < 4.78 is 49.2. The van der Waals surface area contributed by atoms with E-state index in [1.165, 1.54) is 0 Å². The number of alkyl halides is 3. The van der Waals surface area contributed by atoms with Crippen molar-refractivity contribution in [2.24, 2.45) is 0 Å². The van der Waals surface area contributed by atoms with Gasteiger partial charge in [-0.05, 0) is 26.0 Å². The van der Waals surface area contributed by atoms with E-state index in [1.807, 2.05) is 19.9 Å². The molecule has 116 valence electrons. The van der Waals surface area contributed by atoms with Crippen molar-refractivity contribution in [1.82, 2.24) is 9.97 Å². The second-order valence-electron chi connectivity index (χ2n) is 5.61. The molecule has 0 unspecified atom stereocenters. The minimum Gasteiger partial charge on any atom is -0.483 e. The molecule has 1 aromatic carbocycles. The zero-order valence-electron chi connectivity index (χ0n) is 11.9. The van der Waals surface area contributed by atoms with E-state index >= 15 is 0 Å². The Labute approximate surface area is 124 Å². The van der Waals surface area contributed by atoms with Gasteiger partial charge in [-0.15, -0.1) is 0 Å². The number of benzene rings is 1. The highest BCUT2D eigenvalue weighted by Crippen LogP contribution is 2.43. The number of hydrogen-bond acceptors (Lipinski definition) is 4. The Hall–Kier alpha value is -2.31. The van der Waals surface area contributed by atoms with Crippen molar-refractivity contribution in [2.45, 2.75) is 32.0 Å². The van der Waals surface area contributed by atoms with Crippen LogP contribution in [-0.2, 0) is 12.6 Å². The number of ether oxygens (including phenoxy) is 2. The molecule has 7 heteroatoms. The molecule has 0 aliphatic carbocycles. The molecule has 0 saturated carbocycles. The third-order valence-corrected chi connectivity index (χ3v) is 3.18. The van der Waals surface area contributed by atoms with Gasteiger partial charge in [0.1, 0.15) is 5.60 Å². The maximum Gasteiger partial charge on any atom is 0.433 e. The summed E-state index contributed by atoms with van der Waals surface area (Å²) in [4.78, 5) is 7.11. The van der Waals surface area contributed by atoms with Gasteiger partial charge in [0.15, 0.2) is 17.2 Å². The zero-order valence-corrected chi connectivity index (χ0v) is 11.9. The molecule has 0 spiro atoms. The summed E-state index contributed by atoms with van der Waals surface area (Å²) in [5.41, 5.74) is -0.489. The highest BCUT2D eigenvalue weighted by atomic mass is 19.4. The molecule has 1 aromatic heterocycles. The van der Waals surface area contributed by atoms with Gasteiger partial charge in [0.25, 0.3) is 0 Å². The van der Waals surface area contributed by atoms with Crippen LogP contribution in [0.1, 0.15) is 25.1 Å². The van der Waals surface area contributed by atoms with E-state index in [2.05, 4.69) is 9.97 Å². The number of rotatable bonds is 2. The fourth-order valence-corrected chi connectivity index (χ4v) is 2.31. The van der Waals surface area contributed by atoms with Gasteiger partial charge in [-0.25, -0.2) is 4.98 Å². The van der Waals surface area contributed by atoms with Crippen LogP contribution in [0.4, 0.5) is 13.2 Å². The van der Waals surface area contributed by atoms with Gasteiger partial charge in [-0.2, -0.15) is 18.2 Å². The molecule has 2 heterocycles. The van der Waals surface area contributed by atoms with Crippen LogP contribution in [0.15, 0.2) is 30.5 Å². The molecular formula is C15H13F3N2O2. The summed E-state index contributed by atoms with van der Waals surface area (Å²) in [6.07, 6.45) is -2.83. The molecule has 1 aliphatic rings. The van der Waals surface area contributed by atoms with E-state index in [0.717, 1.165) is 17.8 Å². The molecule has 3 rings (SSSR count). The lowest BCUT2D eigenvalue weighted by atomic mass is 10.0. The Kier molecular flexibility index (Phi) is 3.23. The molecule has 1 aliphatic heterocycles. The first-order valence-electron chi connectivity index (χ1n) is 6.64. The SMILES string of the molecule is CC1(C)Cc2cccc(Oc3nccc(C(F)(F)F)n3)c2O1. The largest absolute Gasteiger partial charge is 0.483 e. The Morgan fingerprint density at radius 1 is 1.23 bits per heavy atom. The van der Waals surface area contributed by atoms with E-state index in [4.69, 9.17) is 9.47 Å². The molecule has 0 radical (unpaired) electrons. The van der Waals surface area contributed by atoms with Crippen LogP contribution in [0, 0.1) is 0 Å². The average molecular weight is 310 g/mol. The average Bonchev–Trinajstić information content (AvgIpc) is 2.73. The van der Waals surface area contributed by atoms with E-state index < -0.39 is 11.9 Å². The first kappa shape index (κ1) is 14.6. The molecular weight excluding hydrogens is 297 g/mol. The molecule has 0 saturated heterocycles. The highest BCUT2D eigenvalue weighted by molar-refractivity contribution is 5.51. The van der Waals surface area contributed by atoms with E-state index in [0.29, 0.717) is 17.9 Å². The Balaban J connectivity index is 1.91. The van der Waals surface area contributed by atoms with E-state index in [1.54, 1.807) is 12.1 Å². The van der Waals surface area contributed by atoms with Crippen molar-refractivity contribution in [3.05, 3.63) is 41.7 Å². The molecule has 0 atom stereocenters. The van der Waals surface area contributed by atoms with Gasteiger partial charge in [0, 0.05) is 18.2 Å². The zero-order chi connectivity index (χ0) is 16.0. The molecule has 0 N–H and O–H groups in total. The fraction of sp³-hybridized carbons (Fsp3) is 0.333. The Morgan fingerprint density at radius 3 is 2.73 bits per heavy atom. The minimum absolute atomic E-state index is 0.308. The lowest BCUT2D eigenvalue weighted by Gasteiger charge is -2.18. The van der Waals surface area contributed by atoms with Crippen LogP contribution in [-0.4, -0.2) is 15.6 Å². The highest BCUT2D eigenvalue weighted by Gasteiger charge is 2.34.